The van der Waals surface area contributed by atoms with Crippen molar-refractivity contribution >= 4 is 29.2 Å². The van der Waals surface area contributed by atoms with Gasteiger partial charge in [-0.15, -0.1) is 0 Å². The summed E-state index contributed by atoms with van der Waals surface area (Å²) in [6.07, 6.45) is 2.99. The Bertz CT molecular complexity index is 918. The minimum Gasteiger partial charge on any atom is -0.492 e. The number of benzene rings is 2. The molecule has 2 aromatic carbocycles. The Morgan fingerprint density at radius 1 is 1.20 bits per heavy atom. The van der Waals surface area contributed by atoms with Crippen LogP contribution in [0, 0.1) is 0 Å². The van der Waals surface area contributed by atoms with Crippen molar-refractivity contribution in [1.82, 2.24) is 4.90 Å². The van der Waals surface area contributed by atoms with Gasteiger partial charge in [0.15, 0.2) is 0 Å². The lowest BCUT2D eigenvalue weighted by Crippen LogP contribution is -2.44. The van der Waals surface area contributed by atoms with Gasteiger partial charge in [0.05, 0.1) is 13.0 Å². The molecule has 4 nitrogen and oxygen atoms in total. The van der Waals surface area contributed by atoms with E-state index in [2.05, 4.69) is 30.0 Å². The lowest BCUT2D eigenvalue weighted by atomic mass is 9.74. The third kappa shape index (κ3) is 4.32. The predicted molar refractivity (Wildman–Crippen MR) is 120 cm³/mol. The van der Waals surface area contributed by atoms with Crippen LogP contribution < -0.4 is 4.74 Å². The van der Waals surface area contributed by atoms with Crippen LogP contribution >= 0.6 is 23.2 Å². The van der Waals surface area contributed by atoms with Gasteiger partial charge < -0.3 is 14.7 Å². The van der Waals surface area contributed by atoms with Gasteiger partial charge in [-0.25, -0.2) is 0 Å². The Hall–Kier alpha value is -1.75. The quantitative estimate of drug-likeness (QED) is 0.631. The van der Waals surface area contributed by atoms with E-state index in [0.29, 0.717) is 23.2 Å². The van der Waals surface area contributed by atoms with Crippen molar-refractivity contribution < 1.29 is 14.6 Å². The standard InChI is InChI=1S/C24H27Cl2NO3/c1-16(13-18-20(25)3-2-4-21(18)26)17-5-6-19-22(14-17)30-15-24(19)8-11-27(12-9-24)10-7-23(28)29/h2-6,14,16H,7-13,15H2,1H3,(H,28,29). The number of nitrogens with zero attached hydrogens (tertiary/aromatic N) is 1. The predicted octanol–water partition coefficient (Wildman–Crippen LogP) is 5.54. The fourth-order valence-electron chi connectivity index (χ4n) is 4.72. The molecule has 2 aromatic rings. The zero-order chi connectivity index (χ0) is 21.3. The fourth-order valence-corrected chi connectivity index (χ4v) is 5.27. The Labute approximate surface area is 187 Å². The molecule has 2 heterocycles. The largest absolute Gasteiger partial charge is 0.492 e. The number of likely N-dealkylation sites (tertiary alicyclic amines) is 1. The van der Waals surface area contributed by atoms with Crippen LogP contribution in [0.25, 0.3) is 0 Å². The van der Waals surface area contributed by atoms with Crippen LogP contribution in [0.3, 0.4) is 0 Å². The van der Waals surface area contributed by atoms with Gasteiger partial charge in [0, 0.05) is 27.6 Å². The monoisotopic (exact) mass is 447 g/mol. The van der Waals surface area contributed by atoms with Gasteiger partial charge in [0.25, 0.3) is 0 Å². The van der Waals surface area contributed by atoms with E-state index in [1.807, 2.05) is 18.2 Å². The van der Waals surface area contributed by atoms with Gasteiger partial charge in [0.1, 0.15) is 5.75 Å². The summed E-state index contributed by atoms with van der Waals surface area (Å²) in [5.41, 5.74) is 3.57. The summed E-state index contributed by atoms with van der Waals surface area (Å²) in [6, 6.07) is 12.3. The van der Waals surface area contributed by atoms with E-state index in [1.165, 1.54) is 11.1 Å². The molecule has 2 aliphatic rings. The average molecular weight is 448 g/mol. The molecule has 0 saturated carbocycles. The minimum absolute atomic E-state index is 0.0584. The molecular formula is C24H27Cl2NO3. The molecular weight excluding hydrogens is 421 g/mol. The number of piperidine rings is 1. The van der Waals surface area contributed by atoms with E-state index < -0.39 is 5.97 Å². The second kappa shape index (κ2) is 8.78. The van der Waals surface area contributed by atoms with Crippen molar-refractivity contribution in [2.75, 3.05) is 26.2 Å². The highest BCUT2D eigenvalue weighted by molar-refractivity contribution is 6.36. The van der Waals surface area contributed by atoms with E-state index in [0.717, 1.165) is 43.7 Å². The summed E-state index contributed by atoms with van der Waals surface area (Å²) in [4.78, 5) is 13.1. The van der Waals surface area contributed by atoms with Crippen LogP contribution in [0.4, 0.5) is 0 Å². The van der Waals surface area contributed by atoms with Crippen molar-refractivity contribution in [1.29, 1.82) is 0 Å². The first-order chi connectivity index (χ1) is 14.4. The molecule has 160 valence electrons. The molecule has 0 bridgehead atoms. The normalized spacial score (nSPS) is 18.8. The number of halogens is 2. The molecule has 0 aliphatic carbocycles. The topological polar surface area (TPSA) is 49.8 Å². The van der Waals surface area contributed by atoms with E-state index in [9.17, 15) is 4.79 Å². The maximum Gasteiger partial charge on any atom is 0.304 e. The summed E-state index contributed by atoms with van der Waals surface area (Å²) in [6.45, 7) is 5.36. The van der Waals surface area contributed by atoms with Gasteiger partial charge in [0.2, 0.25) is 0 Å². The number of fused-ring (bicyclic) bond motifs is 2. The molecule has 30 heavy (non-hydrogen) atoms. The van der Waals surface area contributed by atoms with Crippen molar-refractivity contribution in [2.45, 2.75) is 43.9 Å². The van der Waals surface area contributed by atoms with Gasteiger partial charge in [-0.3, -0.25) is 4.79 Å². The number of aliphatic carboxylic acids is 1. The number of carbonyl (C=O) groups is 1. The number of rotatable bonds is 6. The summed E-state index contributed by atoms with van der Waals surface area (Å²) >= 11 is 12.7. The highest BCUT2D eigenvalue weighted by Crippen LogP contribution is 2.46. The van der Waals surface area contributed by atoms with Crippen molar-refractivity contribution in [3.63, 3.8) is 0 Å². The minimum atomic E-state index is -0.732. The molecule has 1 fully saturated rings. The van der Waals surface area contributed by atoms with E-state index in [1.54, 1.807) is 0 Å². The first kappa shape index (κ1) is 21.5. The number of carboxylic acids is 1. The number of hydrogen-bond acceptors (Lipinski definition) is 3. The zero-order valence-electron chi connectivity index (χ0n) is 17.2. The average Bonchev–Trinajstić information content (AvgIpc) is 3.08. The van der Waals surface area contributed by atoms with Crippen molar-refractivity contribution in [3.05, 3.63) is 63.1 Å². The van der Waals surface area contributed by atoms with Crippen LogP contribution in [-0.4, -0.2) is 42.2 Å². The summed E-state index contributed by atoms with van der Waals surface area (Å²) in [5, 5.41) is 10.3. The van der Waals surface area contributed by atoms with E-state index in [-0.39, 0.29) is 17.8 Å². The lowest BCUT2D eigenvalue weighted by Gasteiger charge is -2.38. The summed E-state index contributed by atoms with van der Waals surface area (Å²) in [5.74, 6) is 0.527. The second-order valence-electron chi connectivity index (χ2n) is 8.62. The molecule has 0 amide bonds. The van der Waals surface area contributed by atoms with E-state index in [4.69, 9.17) is 33.0 Å². The molecule has 0 radical (unpaired) electrons. The first-order valence-electron chi connectivity index (χ1n) is 10.5. The first-order valence-corrected chi connectivity index (χ1v) is 11.3. The Balaban J connectivity index is 1.46. The Morgan fingerprint density at radius 2 is 1.90 bits per heavy atom. The van der Waals surface area contributed by atoms with E-state index >= 15 is 0 Å². The van der Waals surface area contributed by atoms with Gasteiger partial charge in [-0.1, -0.05) is 48.3 Å². The van der Waals surface area contributed by atoms with Crippen LogP contribution in [-0.2, 0) is 16.6 Å². The molecule has 4 rings (SSSR count). The third-order valence-corrected chi connectivity index (χ3v) is 7.39. The van der Waals surface area contributed by atoms with Crippen LogP contribution in [0.5, 0.6) is 5.75 Å². The number of carboxylic acid groups (broad SMARTS) is 1. The molecule has 1 spiro atoms. The van der Waals surface area contributed by atoms with Crippen LogP contribution in [0.1, 0.15) is 48.8 Å². The molecule has 0 aromatic heterocycles. The van der Waals surface area contributed by atoms with Crippen molar-refractivity contribution in [2.24, 2.45) is 0 Å². The SMILES string of the molecule is CC(Cc1c(Cl)cccc1Cl)c1ccc2c(c1)OCC21CCN(CCC(=O)O)CC1. The highest BCUT2D eigenvalue weighted by Gasteiger charge is 2.43. The summed E-state index contributed by atoms with van der Waals surface area (Å²) in [7, 11) is 0. The second-order valence-corrected chi connectivity index (χ2v) is 9.43. The highest BCUT2D eigenvalue weighted by atomic mass is 35.5. The molecule has 2 aliphatic heterocycles. The molecule has 1 N–H and O–H groups in total. The molecule has 6 heteroatoms. The van der Waals surface area contributed by atoms with Crippen molar-refractivity contribution in [3.8, 4) is 5.75 Å². The Kier molecular flexibility index (Phi) is 6.29. The zero-order valence-corrected chi connectivity index (χ0v) is 18.7. The molecule has 1 unspecified atom stereocenters. The number of hydrogen-bond donors (Lipinski definition) is 1. The Morgan fingerprint density at radius 3 is 2.57 bits per heavy atom. The maximum absolute atomic E-state index is 10.8. The van der Waals surface area contributed by atoms with Gasteiger partial charge in [-0.05, 0) is 67.6 Å². The van der Waals surface area contributed by atoms with Crippen LogP contribution in [0.2, 0.25) is 10.0 Å². The summed E-state index contributed by atoms with van der Waals surface area (Å²) < 4.78 is 6.15. The lowest BCUT2D eigenvalue weighted by molar-refractivity contribution is -0.137. The molecule has 1 atom stereocenters. The van der Waals surface area contributed by atoms with Crippen LogP contribution in [0.15, 0.2) is 36.4 Å². The molecule has 1 saturated heterocycles. The maximum atomic E-state index is 10.8. The number of ether oxygens (including phenoxy) is 1. The smallest absolute Gasteiger partial charge is 0.304 e. The third-order valence-electron chi connectivity index (χ3n) is 6.68. The van der Waals surface area contributed by atoms with Gasteiger partial charge in [-0.2, -0.15) is 0 Å². The fraction of sp³-hybridized carbons (Fsp3) is 0.458. The van der Waals surface area contributed by atoms with Gasteiger partial charge >= 0.3 is 5.97 Å².